The summed E-state index contributed by atoms with van der Waals surface area (Å²) in [6.45, 7) is 5.46. The first-order chi connectivity index (χ1) is 9.19. The van der Waals surface area contributed by atoms with Gasteiger partial charge in [-0.1, -0.05) is 18.5 Å². The number of halogens is 1. The van der Waals surface area contributed by atoms with Gasteiger partial charge in [0, 0.05) is 30.4 Å². The molecule has 1 aliphatic heterocycles. The Labute approximate surface area is 119 Å². The molecule has 104 valence electrons. The lowest BCUT2D eigenvalue weighted by molar-refractivity contribution is 0.0906. The number of rotatable bonds is 4. The summed E-state index contributed by atoms with van der Waals surface area (Å²) >= 11 is 5.86. The molecule has 0 unspecified atom stereocenters. The second-order valence-electron chi connectivity index (χ2n) is 4.95. The van der Waals surface area contributed by atoms with E-state index in [0.29, 0.717) is 10.7 Å². The normalized spacial score (nSPS) is 17.4. The van der Waals surface area contributed by atoms with E-state index in [1.807, 2.05) is 0 Å². The van der Waals surface area contributed by atoms with E-state index < -0.39 is 0 Å². The molecule has 5 heteroatoms. The number of hydrogen-bond donors (Lipinski definition) is 1. The number of nitrogens with one attached hydrogen (secondary N) is 1. The summed E-state index contributed by atoms with van der Waals surface area (Å²) in [5.74, 6) is -0.128. The molecule has 0 atom stereocenters. The maximum atomic E-state index is 12.0. The molecule has 1 aromatic rings. The molecule has 0 spiro atoms. The molecule has 1 saturated heterocycles. The van der Waals surface area contributed by atoms with Crippen LogP contribution in [0.15, 0.2) is 18.3 Å². The van der Waals surface area contributed by atoms with Crippen LogP contribution in [0, 0.1) is 0 Å². The molecule has 0 saturated carbocycles. The van der Waals surface area contributed by atoms with Crippen LogP contribution >= 0.6 is 11.6 Å². The lowest BCUT2D eigenvalue weighted by Crippen LogP contribution is -2.44. The summed E-state index contributed by atoms with van der Waals surface area (Å²) in [5.41, 5.74) is 0.392. The van der Waals surface area contributed by atoms with Crippen molar-refractivity contribution < 1.29 is 4.79 Å². The molecule has 4 nitrogen and oxygen atoms in total. The Morgan fingerprint density at radius 2 is 2.26 bits per heavy atom. The predicted octanol–water partition coefficient (Wildman–Crippen LogP) is 2.34. The molecule has 19 heavy (non-hydrogen) atoms. The molecule has 0 aromatic carbocycles. The lowest BCUT2D eigenvalue weighted by atomic mass is 10.0. The fraction of sp³-hybridized carbons (Fsp3) is 0.571. The van der Waals surface area contributed by atoms with Crippen LogP contribution in [0.1, 0.15) is 36.7 Å². The van der Waals surface area contributed by atoms with Crippen molar-refractivity contribution >= 4 is 17.5 Å². The Kier molecular flexibility index (Phi) is 5.16. The van der Waals surface area contributed by atoms with Crippen LogP contribution in [0.2, 0.25) is 5.02 Å². The first-order valence-electron chi connectivity index (χ1n) is 6.84. The number of piperidine rings is 1. The average Bonchev–Trinajstić information content (AvgIpc) is 2.41. The van der Waals surface area contributed by atoms with Gasteiger partial charge in [-0.15, -0.1) is 0 Å². The number of amides is 1. The van der Waals surface area contributed by atoms with Crippen LogP contribution in [0.3, 0.4) is 0 Å². The van der Waals surface area contributed by atoms with E-state index in [4.69, 9.17) is 11.6 Å². The zero-order chi connectivity index (χ0) is 13.7. The van der Waals surface area contributed by atoms with Gasteiger partial charge in [-0.25, -0.2) is 0 Å². The van der Waals surface area contributed by atoms with Crippen LogP contribution in [0.4, 0.5) is 0 Å². The van der Waals surface area contributed by atoms with Gasteiger partial charge >= 0.3 is 0 Å². The van der Waals surface area contributed by atoms with Gasteiger partial charge in [0.05, 0.1) is 0 Å². The minimum Gasteiger partial charge on any atom is -0.348 e. The zero-order valence-electron chi connectivity index (χ0n) is 11.2. The van der Waals surface area contributed by atoms with Crippen LogP contribution in [-0.4, -0.2) is 41.5 Å². The van der Waals surface area contributed by atoms with Gasteiger partial charge in [0.25, 0.3) is 5.91 Å². The highest BCUT2D eigenvalue weighted by atomic mass is 35.5. The third-order valence-corrected chi connectivity index (χ3v) is 3.65. The topological polar surface area (TPSA) is 45.2 Å². The van der Waals surface area contributed by atoms with E-state index in [0.717, 1.165) is 32.5 Å². The number of pyridine rings is 1. The van der Waals surface area contributed by atoms with Crippen molar-refractivity contribution in [1.29, 1.82) is 0 Å². The number of carbonyl (C=O) groups is 1. The Morgan fingerprint density at radius 3 is 2.89 bits per heavy atom. The Morgan fingerprint density at radius 1 is 1.53 bits per heavy atom. The highest BCUT2D eigenvalue weighted by Crippen LogP contribution is 2.12. The predicted molar refractivity (Wildman–Crippen MR) is 76.5 cm³/mol. The number of nitrogens with zero attached hydrogens (tertiary/aromatic N) is 2. The SMILES string of the molecule is CCCN1CCC(NC(=O)c2cc(Cl)ccn2)CC1. The van der Waals surface area contributed by atoms with E-state index in [1.165, 1.54) is 6.42 Å². The molecular formula is C14H20ClN3O. The molecule has 0 aliphatic carbocycles. The fourth-order valence-corrected chi connectivity index (χ4v) is 2.57. The minimum atomic E-state index is -0.128. The molecule has 1 N–H and O–H groups in total. The van der Waals surface area contributed by atoms with Crippen molar-refractivity contribution in [3.63, 3.8) is 0 Å². The molecule has 1 aliphatic rings. The number of carbonyl (C=O) groups excluding carboxylic acids is 1. The number of aromatic nitrogens is 1. The van der Waals surface area contributed by atoms with Crippen LogP contribution in [0.25, 0.3) is 0 Å². The summed E-state index contributed by atoms with van der Waals surface area (Å²) in [7, 11) is 0. The number of likely N-dealkylation sites (tertiary alicyclic amines) is 1. The second-order valence-corrected chi connectivity index (χ2v) is 5.39. The molecule has 2 rings (SSSR count). The van der Waals surface area contributed by atoms with Crippen molar-refractivity contribution in [3.05, 3.63) is 29.0 Å². The van der Waals surface area contributed by atoms with Crippen molar-refractivity contribution in [2.24, 2.45) is 0 Å². The van der Waals surface area contributed by atoms with Gasteiger partial charge in [-0.2, -0.15) is 0 Å². The second kappa shape index (κ2) is 6.87. The maximum absolute atomic E-state index is 12.0. The van der Waals surface area contributed by atoms with E-state index >= 15 is 0 Å². The smallest absolute Gasteiger partial charge is 0.270 e. The third kappa shape index (κ3) is 4.18. The van der Waals surface area contributed by atoms with Crippen molar-refractivity contribution in [1.82, 2.24) is 15.2 Å². The molecule has 0 bridgehead atoms. The Bertz CT molecular complexity index is 430. The van der Waals surface area contributed by atoms with Crippen molar-refractivity contribution in [2.45, 2.75) is 32.2 Å². The van der Waals surface area contributed by atoms with E-state index in [9.17, 15) is 4.79 Å². The van der Waals surface area contributed by atoms with Gasteiger partial charge < -0.3 is 10.2 Å². The van der Waals surface area contributed by atoms with Gasteiger partial charge in [0.1, 0.15) is 5.69 Å². The van der Waals surface area contributed by atoms with Gasteiger partial charge in [0.2, 0.25) is 0 Å². The van der Waals surface area contributed by atoms with Crippen LogP contribution in [-0.2, 0) is 0 Å². The summed E-state index contributed by atoms with van der Waals surface area (Å²) in [4.78, 5) is 18.5. The number of hydrogen-bond acceptors (Lipinski definition) is 3. The largest absolute Gasteiger partial charge is 0.348 e. The highest BCUT2D eigenvalue weighted by molar-refractivity contribution is 6.30. The van der Waals surface area contributed by atoms with E-state index in [2.05, 4.69) is 22.1 Å². The highest BCUT2D eigenvalue weighted by Gasteiger charge is 2.20. The van der Waals surface area contributed by atoms with Gasteiger partial charge in [-0.05, 0) is 37.9 Å². The van der Waals surface area contributed by atoms with Gasteiger partial charge in [-0.3, -0.25) is 9.78 Å². The van der Waals surface area contributed by atoms with Gasteiger partial charge in [0.15, 0.2) is 0 Å². The molecule has 2 heterocycles. The third-order valence-electron chi connectivity index (χ3n) is 3.42. The summed E-state index contributed by atoms with van der Waals surface area (Å²) in [5, 5.41) is 3.58. The van der Waals surface area contributed by atoms with E-state index in [-0.39, 0.29) is 11.9 Å². The zero-order valence-corrected chi connectivity index (χ0v) is 12.0. The monoisotopic (exact) mass is 281 g/mol. The fourth-order valence-electron chi connectivity index (χ4n) is 2.41. The van der Waals surface area contributed by atoms with E-state index in [1.54, 1.807) is 18.3 Å². The molecule has 0 radical (unpaired) electrons. The maximum Gasteiger partial charge on any atom is 0.270 e. The lowest BCUT2D eigenvalue weighted by Gasteiger charge is -2.31. The van der Waals surface area contributed by atoms with Crippen LogP contribution < -0.4 is 5.32 Å². The van der Waals surface area contributed by atoms with Crippen molar-refractivity contribution in [3.8, 4) is 0 Å². The Hall–Kier alpha value is -1.13. The van der Waals surface area contributed by atoms with Crippen LogP contribution in [0.5, 0.6) is 0 Å². The first kappa shape index (κ1) is 14.3. The molecule has 1 amide bonds. The summed E-state index contributed by atoms with van der Waals surface area (Å²) in [6.07, 6.45) is 4.75. The quantitative estimate of drug-likeness (QED) is 0.921. The molecule has 1 aromatic heterocycles. The van der Waals surface area contributed by atoms with Crippen molar-refractivity contribution in [2.75, 3.05) is 19.6 Å². The summed E-state index contributed by atoms with van der Waals surface area (Å²) < 4.78 is 0. The standard InChI is InChI=1S/C14H20ClN3O/c1-2-7-18-8-4-12(5-9-18)17-14(19)13-10-11(15)3-6-16-13/h3,6,10,12H,2,4-5,7-9H2,1H3,(H,17,19). The first-order valence-corrected chi connectivity index (χ1v) is 7.21. The summed E-state index contributed by atoms with van der Waals surface area (Å²) in [6, 6.07) is 3.52. The molecular weight excluding hydrogens is 262 g/mol. The minimum absolute atomic E-state index is 0.128. The Balaban J connectivity index is 1.84. The molecule has 1 fully saturated rings. The average molecular weight is 282 g/mol.